The lowest BCUT2D eigenvalue weighted by atomic mass is 9.90. The van der Waals surface area contributed by atoms with E-state index >= 15 is 0 Å². The standard InChI is InChI=1S/C13H15F4N/c14-12-4-5-18-8-10(12)6-9-2-1-3-11(7-9)13(15,16)17/h1-3,7,10,12,18H,4-6,8H2. The Morgan fingerprint density at radius 1 is 1.28 bits per heavy atom. The van der Waals surface area contributed by atoms with Gasteiger partial charge in [0.2, 0.25) is 0 Å². The van der Waals surface area contributed by atoms with Gasteiger partial charge in [0.1, 0.15) is 6.17 Å². The summed E-state index contributed by atoms with van der Waals surface area (Å²) in [5, 5.41) is 3.07. The van der Waals surface area contributed by atoms with Crippen LogP contribution in [0.4, 0.5) is 17.6 Å². The van der Waals surface area contributed by atoms with Crippen molar-refractivity contribution >= 4 is 0 Å². The Bertz CT molecular complexity index is 402. The summed E-state index contributed by atoms with van der Waals surface area (Å²) in [6, 6.07) is 5.15. The van der Waals surface area contributed by atoms with Crippen molar-refractivity contribution in [2.24, 2.45) is 5.92 Å². The highest BCUT2D eigenvalue weighted by Gasteiger charge is 2.31. The minimum atomic E-state index is -4.34. The zero-order valence-corrected chi connectivity index (χ0v) is 9.80. The molecule has 2 rings (SSSR count). The number of benzene rings is 1. The van der Waals surface area contributed by atoms with Crippen LogP contribution in [0, 0.1) is 5.92 Å². The van der Waals surface area contributed by atoms with Crippen molar-refractivity contribution < 1.29 is 17.6 Å². The summed E-state index contributed by atoms with van der Waals surface area (Å²) in [6.07, 6.45) is -4.49. The number of hydrogen-bond acceptors (Lipinski definition) is 1. The maximum atomic E-state index is 13.6. The third-order valence-corrected chi connectivity index (χ3v) is 3.27. The van der Waals surface area contributed by atoms with Gasteiger partial charge < -0.3 is 5.32 Å². The molecular formula is C13H15F4N. The molecule has 18 heavy (non-hydrogen) atoms. The summed E-state index contributed by atoms with van der Waals surface area (Å²) >= 11 is 0. The van der Waals surface area contributed by atoms with E-state index in [2.05, 4.69) is 5.32 Å². The van der Waals surface area contributed by atoms with Crippen LogP contribution in [-0.2, 0) is 12.6 Å². The van der Waals surface area contributed by atoms with E-state index in [1.807, 2.05) is 0 Å². The van der Waals surface area contributed by atoms with Crippen molar-refractivity contribution in [2.45, 2.75) is 25.2 Å². The summed E-state index contributed by atoms with van der Waals surface area (Å²) < 4.78 is 51.2. The minimum absolute atomic E-state index is 0.234. The van der Waals surface area contributed by atoms with Gasteiger partial charge >= 0.3 is 6.18 Å². The van der Waals surface area contributed by atoms with Crippen LogP contribution < -0.4 is 5.32 Å². The average molecular weight is 261 g/mol. The van der Waals surface area contributed by atoms with Crippen LogP contribution in [0.15, 0.2) is 24.3 Å². The van der Waals surface area contributed by atoms with E-state index in [0.717, 1.165) is 12.1 Å². The minimum Gasteiger partial charge on any atom is -0.316 e. The van der Waals surface area contributed by atoms with Gasteiger partial charge in [0.05, 0.1) is 5.56 Å². The number of alkyl halides is 4. The molecule has 2 unspecified atom stereocenters. The molecule has 1 nitrogen and oxygen atoms in total. The molecule has 0 bridgehead atoms. The fourth-order valence-electron chi connectivity index (χ4n) is 2.27. The lowest BCUT2D eigenvalue weighted by Gasteiger charge is -2.26. The van der Waals surface area contributed by atoms with Crippen molar-refractivity contribution in [1.29, 1.82) is 0 Å². The van der Waals surface area contributed by atoms with Crippen LogP contribution in [0.1, 0.15) is 17.5 Å². The zero-order valence-electron chi connectivity index (χ0n) is 9.80. The molecule has 1 aliphatic heterocycles. The molecule has 5 heteroatoms. The van der Waals surface area contributed by atoms with Crippen molar-refractivity contribution in [3.05, 3.63) is 35.4 Å². The third-order valence-electron chi connectivity index (χ3n) is 3.27. The van der Waals surface area contributed by atoms with Gasteiger partial charge in [0.25, 0.3) is 0 Å². The summed E-state index contributed by atoms with van der Waals surface area (Å²) in [7, 11) is 0. The second-order valence-electron chi connectivity index (χ2n) is 4.67. The lowest BCUT2D eigenvalue weighted by Crippen LogP contribution is -2.38. The summed E-state index contributed by atoms with van der Waals surface area (Å²) in [4.78, 5) is 0. The third kappa shape index (κ3) is 3.22. The Labute approximate surface area is 103 Å². The summed E-state index contributed by atoms with van der Waals surface area (Å²) in [6.45, 7) is 1.16. The van der Waals surface area contributed by atoms with Gasteiger partial charge in [-0.05, 0) is 31.0 Å². The van der Waals surface area contributed by atoms with Gasteiger partial charge in [-0.3, -0.25) is 0 Å². The van der Waals surface area contributed by atoms with Crippen LogP contribution in [0.25, 0.3) is 0 Å². The van der Waals surface area contributed by atoms with Crippen LogP contribution >= 0.6 is 0 Å². The monoisotopic (exact) mass is 261 g/mol. The van der Waals surface area contributed by atoms with Gasteiger partial charge in [-0.25, -0.2) is 4.39 Å². The van der Waals surface area contributed by atoms with Gasteiger partial charge in [-0.15, -0.1) is 0 Å². The normalized spacial score (nSPS) is 25.1. The summed E-state index contributed by atoms with van der Waals surface area (Å²) in [5.74, 6) is -0.234. The highest BCUT2D eigenvalue weighted by molar-refractivity contribution is 5.26. The molecule has 1 aromatic carbocycles. The van der Waals surface area contributed by atoms with E-state index in [1.165, 1.54) is 6.07 Å². The fourth-order valence-corrected chi connectivity index (χ4v) is 2.27. The topological polar surface area (TPSA) is 12.0 Å². The van der Waals surface area contributed by atoms with Gasteiger partial charge in [0.15, 0.2) is 0 Å². The largest absolute Gasteiger partial charge is 0.416 e. The summed E-state index contributed by atoms with van der Waals surface area (Å²) in [5.41, 5.74) is -0.125. The molecule has 1 saturated heterocycles. The number of piperidine rings is 1. The predicted octanol–water partition coefficient (Wildman–Crippen LogP) is 3.20. The first-order valence-electron chi connectivity index (χ1n) is 5.98. The highest BCUT2D eigenvalue weighted by atomic mass is 19.4. The molecule has 1 aliphatic rings. The molecule has 1 fully saturated rings. The molecule has 1 heterocycles. The van der Waals surface area contributed by atoms with E-state index in [4.69, 9.17) is 0 Å². The lowest BCUT2D eigenvalue weighted by molar-refractivity contribution is -0.137. The Morgan fingerprint density at radius 3 is 2.72 bits per heavy atom. The molecule has 1 aromatic rings. The molecule has 0 spiro atoms. The Balaban J connectivity index is 2.09. The number of nitrogens with one attached hydrogen (secondary N) is 1. The first kappa shape index (κ1) is 13.3. The zero-order chi connectivity index (χ0) is 13.2. The van der Waals surface area contributed by atoms with Crippen LogP contribution in [-0.4, -0.2) is 19.3 Å². The Hall–Kier alpha value is -1.10. The van der Waals surface area contributed by atoms with Crippen molar-refractivity contribution in [1.82, 2.24) is 5.32 Å². The molecule has 100 valence electrons. The molecule has 0 radical (unpaired) electrons. The van der Waals surface area contributed by atoms with Crippen LogP contribution in [0.3, 0.4) is 0 Å². The van der Waals surface area contributed by atoms with Crippen LogP contribution in [0.2, 0.25) is 0 Å². The molecule has 0 saturated carbocycles. The Morgan fingerprint density at radius 2 is 2.06 bits per heavy atom. The van der Waals surface area contributed by atoms with E-state index < -0.39 is 17.9 Å². The number of halogens is 4. The number of rotatable bonds is 2. The SMILES string of the molecule is FC1CCNCC1Cc1cccc(C(F)(F)F)c1. The molecular weight excluding hydrogens is 246 g/mol. The molecule has 0 aromatic heterocycles. The second kappa shape index (κ2) is 5.26. The van der Waals surface area contributed by atoms with Crippen molar-refractivity contribution in [3.8, 4) is 0 Å². The Kier molecular flexibility index (Phi) is 3.90. The van der Waals surface area contributed by atoms with Crippen molar-refractivity contribution in [2.75, 3.05) is 13.1 Å². The maximum absolute atomic E-state index is 13.6. The van der Waals surface area contributed by atoms with Crippen LogP contribution in [0.5, 0.6) is 0 Å². The van der Waals surface area contributed by atoms with E-state index in [0.29, 0.717) is 31.5 Å². The highest BCUT2D eigenvalue weighted by Crippen LogP contribution is 2.30. The second-order valence-corrected chi connectivity index (χ2v) is 4.67. The smallest absolute Gasteiger partial charge is 0.316 e. The van der Waals surface area contributed by atoms with Crippen molar-refractivity contribution in [3.63, 3.8) is 0 Å². The molecule has 1 N–H and O–H groups in total. The van der Waals surface area contributed by atoms with E-state index in [9.17, 15) is 17.6 Å². The average Bonchev–Trinajstić information content (AvgIpc) is 2.31. The van der Waals surface area contributed by atoms with E-state index in [1.54, 1.807) is 6.07 Å². The maximum Gasteiger partial charge on any atom is 0.416 e. The number of hydrogen-bond donors (Lipinski definition) is 1. The fraction of sp³-hybridized carbons (Fsp3) is 0.538. The van der Waals surface area contributed by atoms with Gasteiger partial charge in [-0.1, -0.05) is 18.2 Å². The molecule has 2 atom stereocenters. The molecule has 0 aliphatic carbocycles. The predicted molar refractivity (Wildman–Crippen MR) is 61.0 cm³/mol. The quantitative estimate of drug-likeness (QED) is 0.806. The van der Waals surface area contributed by atoms with E-state index in [-0.39, 0.29) is 5.92 Å². The van der Waals surface area contributed by atoms with Gasteiger partial charge in [0, 0.05) is 12.5 Å². The first-order valence-corrected chi connectivity index (χ1v) is 5.98. The van der Waals surface area contributed by atoms with Gasteiger partial charge in [-0.2, -0.15) is 13.2 Å². The first-order chi connectivity index (χ1) is 8.47. The molecule has 0 amide bonds.